The average molecular weight is 265 g/mol. The number of nitrogens with two attached hydrogens (primary N) is 1. The lowest BCUT2D eigenvalue weighted by atomic mass is 9.72. The third kappa shape index (κ3) is 3.10. The molecular weight excluding hydrogens is 246 g/mol. The Morgan fingerprint density at radius 3 is 2.74 bits per heavy atom. The summed E-state index contributed by atoms with van der Waals surface area (Å²) in [5.41, 5.74) is 5.00. The molecule has 19 heavy (non-hydrogen) atoms. The number of carbonyl (C=O) groups excluding carboxylic acids is 2. The van der Waals surface area contributed by atoms with Crippen LogP contribution in [0.15, 0.2) is 6.20 Å². The van der Waals surface area contributed by atoms with Crippen LogP contribution in [0.4, 0.5) is 0 Å². The van der Waals surface area contributed by atoms with Gasteiger partial charge in [-0.15, -0.1) is 5.10 Å². The van der Waals surface area contributed by atoms with E-state index in [2.05, 4.69) is 15.6 Å². The summed E-state index contributed by atoms with van der Waals surface area (Å²) in [5.74, 6) is -0.281. The fraction of sp³-hybridized carbons (Fsp3) is 0.667. The van der Waals surface area contributed by atoms with Gasteiger partial charge in [0.1, 0.15) is 6.54 Å². The zero-order valence-electron chi connectivity index (χ0n) is 11.2. The van der Waals surface area contributed by atoms with Crippen molar-refractivity contribution in [3.63, 3.8) is 0 Å². The van der Waals surface area contributed by atoms with Crippen molar-refractivity contribution < 1.29 is 9.59 Å². The first kappa shape index (κ1) is 13.5. The van der Waals surface area contributed by atoms with E-state index in [-0.39, 0.29) is 23.7 Å². The van der Waals surface area contributed by atoms with Crippen molar-refractivity contribution in [1.29, 1.82) is 0 Å². The second kappa shape index (κ2) is 4.99. The first-order chi connectivity index (χ1) is 8.88. The van der Waals surface area contributed by atoms with Gasteiger partial charge in [0.25, 0.3) is 5.91 Å². The molecule has 1 saturated carbocycles. The smallest absolute Gasteiger partial charge is 0.273 e. The Balaban J connectivity index is 1.99. The summed E-state index contributed by atoms with van der Waals surface area (Å²) in [5, 5.41) is 10.4. The van der Waals surface area contributed by atoms with Crippen LogP contribution in [-0.4, -0.2) is 32.3 Å². The molecule has 0 saturated heterocycles. The van der Waals surface area contributed by atoms with Crippen molar-refractivity contribution in [2.45, 2.75) is 45.2 Å². The van der Waals surface area contributed by atoms with Gasteiger partial charge in [-0.25, -0.2) is 4.68 Å². The average Bonchev–Trinajstić information content (AvgIpc) is 2.60. The minimum Gasteiger partial charge on any atom is -0.368 e. The predicted octanol–water partition coefficient (Wildman–Crippen LogP) is 0.0719. The molecule has 0 atom stereocenters. The monoisotopic (exact) mass is 265 g/mol. The van der Waals surface area contributed by atoms with Crippen LogP contribution in [0.5, 0.6) is 0 Å². The maximum Gasteiger partial charge on any atom is 0.273 e. The predicted molar refractivity (Wildman–Crippen MR) is 68.1 cm³/mol. The maximum atomic E-state index is 12.1. The van der Waals surface area contributed by atoms with Gasteiger partial charge in [0.05, 0.1) is 6.20 Å². The molecule has 1 aliphatic carbocycles. The molecule has 1 aromatic heterocycles. The van der Waals surface area contributed by atoms with Crippen molar-refractivity contribution in [2.24, 2.45) is 11.7 Å². The summed E-state index contributed by atoms with van der Waals surface area (Å²) in [6.07, 6.45) is 4.93. The molecule has 104 valence electrons. The van der Waals surface area contributed by atoms with E-state index in [1.54, 1.807) is 0 Å². The van der Waals surface area contributed by atoms with Crippen LogP contribution in [0.3, 0.4) is 0 Å². The normalized spacial score (nSPS) is 15.9. The Kier molecular flexibility index (Phi) is 3.55. The van der Waals surface area contributed by atoms with E-state index in [1.807, 2.05) is 13.8 Å². The van der Waals surface area contributed by atoms with E-state index in [1.165, 1.54) is 17.3 Å². The van der Waals surface area contributed by atoms with Gasteiger partial charge in [0.15, 0.2) is 5.69 Å². The molecular formula is C12H19N5O2. The molecule has 7 nitrogen and oxygen atoms in total. The third-order valence-corrected chi connectivity index (χ3v) is 3.65. The van der Waals surface area contributed by atoms with Gasteiger partial charge in [0, 0.05) is 5.54 Å². The lowest BCUT2D eigenvalue weighted by Crippen LogP contribution is -2.51. The summed E-state index contributed by atoms with van der Waals surface area (Å²) in [4.78, 5) is 22.8. The number of nitrogens with zero attached hydrogens (tertiary/aromatic N) is 3. The minimum absolute atomic E-state index is 0.0771. The lowest BCUT2D eigenvalue weighted by Gasteiger charge is -2.40. The third-order valence-electron chi connectivity index (χ3n) is 3.65. The lowest BCUT2D eigenvalue weighted by molar-refractivity contribution is -0.118. The second-order valence-electron chi connectivity index (χ2n) is 5.57. The van der Waals surface area contributed by atoms with Crippen LogP contribution >= 0.6 is 0 Å². The van der Waals surface area contributed by atoms with Gasteiger partial charge in [-0.05, 0) is 32.6 Å². The van der Waals surface area contributed by atoms with Crippen LogP contribution in [0.25, 0.3) is 0 Å². The van der Waals surface area contributed by atoms with Crippen molar-refractivity contribution in [2.75, 3.05) is 0 Å². The van der Waals surface area contributed by atoms with E-state index in [4.69, 9.17) is 5.73 Å². The van der Waals surface area contributed by atoms with Crippen molar-refractivity contribution in [1.82, 2.24) is 20.3 Å². The summed E-state index contributed by atoms with van der Waals surface area (Å²) < 4.78 is 1.26. The molecule has 2 rings (SSSR count). The number of nitrogens with one attached hydrogen (secondary N) is 1. The number of hydrogen-bond donors (Lipinski definition) is 2. The van der Waals surface area contributed by atoms with Crippen molar-refractivity contribution in [3.05, 3.63) is 11.9 Å². The first-order valence-corrected chi connectivity index (χ1v) is 6.39. The Bertz CT molecular complexity index is 490. The molecule has 0 bridgehead atoms. The number of primary amides is 1. The van der Waals surface area contributed by atoms with E-state index in [0.717, 1.165) is 12.8 Å². The van der Waals surface area contributed by atoms with Gasteiger partial charge in [-0.1, -0.05) is 11.6 Å². The molecule has 1 fully saturated rings. The highest BCUT2D eigenvalue weighted by Crippen LogP contribution is 2.35. The van der Waals surface area contributed by atoms with Crippen LogP contribution in [0.2, 0.25) is 0 Å². The fourth-order valence-corrected chi connectivity index (χ4v) is 2.23. The molecule has 1 heterocycles. The molecule has 7 heteroatoms. The highest BCUT2D eigenvalue weighted by Gasteiger charge is 2.35. The zero-order chi connectivity index (χ0) is 14.0. The van der Waals surface area contributed by atoms with Crippen LogP contribution in [-0.2, 0) is 11.3 Å². The Morgan fingerprint density at radius 2 is 2.21 bits per heavy atom. The van der Waals surface area contributed by atoms with Gasteiger partial charge in [-0.3, -0.25) is 9.59 Å². The largest absolute Gasteiger partial charge is 0.368 e. The van der Waals surface area contributed by atoms with Gasteiger partial charge in [-0.2, -0.15) is 0 Å². The number of aromatic nitrogens is 3. The molecule has 2 amide bonds. The van der Waals surface area contributed by atoms with Gasteiger partial charge in [0.2, 0.25) is 5.91 Å². The summed E-state index contributed by atoms with van der Waals surface area (Å²) in [6.45, 7) is 3.96. The molecule has 0 radical (unpaired) electrons. The molecule has 0 spiro atoms. The highest BCUT2D eigenvalue weighted by atomic mass is 16.2. The molecule has 0 aromatic carbocycles. The SMILES string of the molecule is CC(C)(NC(=O)c1cn(CC(N)=O)nn1)C1CCC1. The number of hydrogen-bond acceptors (Lipinski definition) is 4. The number of carbonyl (C=O) groups is 2. The number of rotatable bonds is 5. The fourth-order valence-electron chi connectivity index (χ4n) is 2.23. The van der Waals surface area contributed by atoms with Gasteiger partial charge >= 0.3 is 0 Å². The molecule has 0 unspecified atom stereocenters. The van der Waals surface area contributed by atoms with E-state index in [9.17, 15) is 9.59 Å². The highest BCUT2D eigenvalue weighted by molar-refractivity contribution is 5.92. The number of amides is 2. The second-order valence-corrected chi connectivity index (χ2v) is 5.57. The summed E-state index contributed by atoms with van der Waals surface area (Å²) in [7, 11) is 0. The van der Waals surface area contributed by atoms with Crippen LogP contribution in [0.1, 0.15) is 43.6 Å². The van der Waals surface area contributed by atoms with E-state index in [0.29, 0.717) is 5.92 Å². The standard InChI is InChI=1S/C12H19N5O2/c1-12(2,8-4-3-5-8)14-11(19)9-6-17(16-15-9)7-10(13)18/h6,8H,3-5,7H2,1-2H3,(H2,13,18)(H,14,19). The Labute approximate surface area is 111 Å². The molecule has 1 aromatic rings. The van der Waals surface area contributed by atoms with E-state index < -0.39 is 5.91 Å². The molecule has 0 aliphatic heterocycles. The van der Waals surface area contributed by atoms with Crippen LogP contribution in [0, 0.1) is 5.92 Å². The topological polar surface area (TPSA) is 103 Å². The molecule has 3 N–H and O–H groups in total. The van der Waals surface area contributed by atoms with Crippen LogP contribution < -0.4 is 11.1 Å². The quantitative estimate of drug-likeness (QED) is 0.786. The Morgan fingerprint density at radius 1 is 1.53 bits per heavy atom. The minimum atomic E-state index is -0.522. The zero-order valence-corrected chi connectivity index (χ0v) is 11.2. The maximum absolute atomic E-state index is 12.1. The van der Waals surface area contributed by atoms with Gasteiger partial charge < -0.3 is 11.1 Å². The molecule has 1 aliphatic rings. The summed E-state index contributed by atoms with van der Waals surface area (Å²) >= 11 is 0. The first-order valence-electron chi connectivity index (χ1n) is 6.39. The van der Waals surface area contributed by atoms with Crippen molar-refractivity contribution in [3.8, 4) is 0 Å². The Hall–Kier alpha value is -1.92. The van der Waals surface area contributed by atoms with Crippen molar-refractivity contribution >= 4 is 11.8 Å². The summed E-state index contributed by atoms with van der Waals surface area (Å²) in [6, 6.07) is 0. The van der Waals surface area contributed by atoms with E-state index >= 15 is 0 Å².